The first-order valence-electron chi connectivity index (χ1n) is 7.12. The molecule has 1 fully saturated rings. The van der Waals surface area contributed by atoms with Gasteiger partial charge in [-0.25, -0.2) is 0 Å². The minimum atomic E-state index is -0.389. The quantitative estimate of drug-likeness (QED) is 0.866. The SMILES string of the molecule is CC1CC(C)N(C(=O)C(Cc2ccccc2)C(N)=S)C1. The van der Waals surface area contributed by atoms with Gasteiger partial charge in [-0.3, -0.25) is 4.79 Å². The Morgan fingerprint density at radius 3 is 2.55 bits per heavy atom. The summed E-state index contributed by atoms with van der Waals surface area (Å²) in [6.45, 7) is 5.09. The number of hydrogen-bond acceptors (Lipinski definition) is 2. The van der Waals surface area contributed by atoms with Gasteiger partial charge in [0.25, 0.3) is 0 Å². The highest BCUT2D eigenvalue weighted by Gasteiger charge is 2.34. The number of benzene rings is 1. The van der Waals surface area contributed by atoms with E-state index in [0.717, 1.165) is 18.5 Å². The third kappa shape index (κ3) is 3.37. The highest BCUT2D eigenvalue weighted by Crippen LogP contribution is 2.25. The molecule has 1 aliphatic heterocycles. The molecule has 108 valence electrons. The molecule has 3 nitrogen and oxygen atoms in total. The van der Waals surface area contributed by atoms with Gasteiger partial charge in [0.1, 0.15) is 0 Å². The van der Waals surface area contributed by atoms with Gasteiger partial charge in [-0.1, -0.05) is 49.5 Å². The molecule has 2 rings (SSSR count). The summed E-state index contributed by atoms with van der Waals surface area (Å²) in [6.07, 6.45) is 1.65. The third-order valence-corrected chi connectivity index (χ3v) is 4.28. The predicted octanol–water partition coefficient (Wildman–Crippen LogP) is 2.39. The molecule has 1 aromatic carbocycles. The van der Waals surface area contributed by atoms with Crippen LogP contribution in [0.2, 0.25) is 0 Å². The number of nitrogens with zero attached hydrogens (tertiary/aromatic N) is 1. The smallest absolute Gasteiger partial charge is 0.233 e. The molecule has 1 heterocycles. The van der Waals surface area contributed by atoms with E-state index in [-0.39, 0.29) is 17.9 Å². The Kier molecular flexibility index (Phi) is 4.76. The number of likely N-dealkylation sites (tertiary alicyclic amines) is 1. The van der Waals surface area contributed by atoms with E-state index >= 15 is 0 Å². The van der Waals surface area contributed by atoms with Crippen molar-refractivity contribution in [1.29, 1.82) is 0 Å². The van der Waals surface area contributed by atoms with Crippen LogP contribution in [-0.2, 0) is 11.2 Å². The van der Waals surface area contributed by atoms with Crippen LogP contribution in [-0.4, -0.2) is 28.4 Å². The van der Waals surface area contributed by atoms with E-state index in [2.05, 4.69) is 13.8 Å². The summed E-state index contributed by atoms with van der Waals surface area (Å²) in [4.78, 5) is 14.9. The second-order valence-corrected chi connectivity index (χ2v) is 6.30. The van der Waals surface area contributed by atoms with Crippen molar-refractivity contribution in [2.45, 2.75) is 32.7 Å². The van der Waals surface area contributed by atoms with Crippen molar-refractivity contribution >= 4 is 23.1 Å². The highest BCUT2D eigenvalue weighted by molar-refractivity contribution is 7.80. The number of amides is 1. The van der Waals surface area contributed by atoms with E-state index in [9.17, 15) is 4.79 Å². The predicted molar refractivity (Wildman–Crippen MR) is 85.4 cm³/mol. The molecule has 0 spiro atoms. The van der Waals surface area contributed by atoms with Gasteiger partial charge in [0, 0.05) is 12.6 Å². The van der Waals surface area contributed by atoms with Gasteiger partial charge >= 0.3 is 0 Å². The van der Waals surface area contributed by atoms with Gasteiger partial charge in [0.15, 0.2) is 0 Å². The van der Waals surface area contributed by atoms with Crippen LogP contribution in [0.3, 0.4) is 0 Å². The lowest BCUT2D eigenvalue weighted by Crippen LogP contribution is -2.43. The molecule has 2 N–H and O–H groups in total. The molecule has 1 aromatic rings. The fraction of sp³-hybridized carbons (Fsp3) is 0.500. The molecular weight excluding hydrogens is 268 g/mol. The van der Waals surface area contributed by atoms with Gasteiger partial charge < -0.3 is 10.6 Å². The number of carbonyl (C=O) groups excluding carboxylic acids is 1. The van der Waals surface area contributed by atoms with Gasteiger partial charge in [-0.2, -0.15) is 0 Å². The summed E-state index contributed by atoms with van der Waals surface area (Å²) in [6, 6.07) is 10.2. The Balaban J connectivity index is 2.13. The average molecular weight is 290 g/mol. The molecule has 0 saturated carbocycles. The first-order chi connectivity index (χ1) is 9.49. The minimum Gasteiger partial charge on any atom is -0.393 e. The third-order valence-electron chi connectivity index (χ3n) is 3.99. The minimum absolute atomic E-state index is 0.0817. The Labute approximate surface area is 126 Å². The summed E-state index contributed by atoms with van der Waals surface area (Å²) in [5.74, 6) is 0.246. The van der Waals surface area contributed by atoms with E-state index in [1.54, 1.807) is 0 Å². The normalized spacial score (nSPS) is 23.6. The average Bonchev–Trinajstić information content (AvgIpc) is 2.75. The molecular formula is C16H22N2OS. The lowest BCUT2D eigenvalue weighted by atomic mass is 9.97. The zero-order chi connectivity index (χ0) is 14.7. The molecule has 3 atom stereocenters. The molecule has 0 radical (unpaired) electrons. The topological polar surface area (TPSA) is 46.3 Å². The maximum absolute atomic E-state index is 12.7. The van der Waals surface area contributed by atoms with Crippen LogP contribution in [0.4, 0.5) is 0 Å². The molecule has 1 aliphatic rings. The molecule has 0 aromatic heterocycles. The van der Waals surface area contributed by atoms with E-state index in [0.29, 0.717) is 17.3 Å². The van der Waals surface area contributed by atoms with Crippen LogP contribution >= 0.6 is 12.2 Å². The largest absolute Gasteiger partial charge is 0.393 e. The monoisotopic (exact) mass is 290 g/mol. The highest BCUT2D eigenvalue weighted by atomic mass is 32.1. The lowest BCUT2D eigenvalue weighted by molar-refractivity contribution is -0.133. The molecule has 1 amide bonds. The summed E-state index contributed by atoms with van der Waals surface area (Å²) in [7, 11) is 0. The van der Waals surface area contributed by atoms with Crippen molar-refractivity contribution in [3.8, 4) is 0 Å². The van der Waals surface area contributed by atoms with Crippen molar-refractivity contribution in [3.05, 3.63) is 35.9 Å². The second kappa shape index (κ2) is 6.35. The Hall–Kier alpha value is -1.42. The molecule has 3 unspecified atom stereocenters. The molecule has 4 heteroatoms. The van der Waals surface area contributed by atoms with Crippen LogP contribution < -0.4 is 5.73 Å². The number of nitrogens with two attached hydrogens (primary N) is 1. The summed E-state index contributed by atoms with van der Waals surface area (Å²) >= 11 is 5.13. The Morgan fingerprint density at radius 2 is 2.05 bits per heavy atom. The maximum Gasteiger partial charge on any atom is 0.233 e. The van der Waals surface area contributed by atoms with Gasteiger partial charge in [0.05, 0.1) is 10.9 Å². The fourth-order valence-electron chi connectivity index (χ4n) is 2.97. The summed E-state index contributed by atoms with van der Waals surface area (Å²) < 4.78 is 0. The number of carbonyl (C=O) groups is 1. The number of thiocarbonyl (C=S) groups is 1. The van der Waals surface area contributed by atoms with E-state index in [4.69, 9.17) is 18.0 Å². The molecule has 1 saturated heterocycles. The van der Waals surface area contributed by atoms with Gasteiger partial charge in [-0.05, 0) is 31.2 Å². The fourth-order valence-corrected chi connectivity index (χ4v) is 3.15. The van der Waals surface area contributed by atoms with Gasteiger partial charge in [-0.15, -0.1) is 0 Å². The zero-order valence-electron chi connectivity index (χ0n) is 12.1. The van der Waals surface area contributed by atoms with E-state index < -0.39 is 0 Å². The van der Waals surface area contributed by atoms with Crippen LogP contribution in [0, 0.1) is 11.8 Å². The van der Waals surface area contributed by atoms with Crippen LogP contribution in [0.5, 0.6) is 0 Å². The van der Waals surface area contributed by atoms with Crippen LogP contribution in [0.15, 0.2) is 30.3 Å². The molecule has 0 bridgehead atoms. The maximum atomic E-state index is 12.7. The molecule has 0 aliphatic carbocycles. The van der Waals surface area contributed by atoms with Crippen LogP contribution in [0.1, 0.15) is 25.8 Å². The zero-order valence-corrected chi connectivity index (χ0v) is 12.9. The van der Waals surface area contributed by atoms with E-state index in [1.165, 1.54) is 0 Å². The van der Waals surface area contributed by atoms with Crippen molar-refractivity contribution in [3.63, 3.8) is 0 Å². The van der Waals surface area contributed by atoms with Crippen molar-refractivity contribution in [1.82, 2.24) is 4.90 Å². The van der Waals surface area contributed by atoms with Crippen LogP contribution in [0.25, 0.3) is 0 Å². The van der Waals surface area contributed by atoms with E-state index in [1.807, 2.05) is 35.2 Å². The van der Waals surface area contributed by atoms with Crippen molar-refractivity contribution < 1.29 is 4.79 Å². The first-order valence-corrected chi connectivity index (χ1v) is 7.53. The van der Waals surface area contributed by atoms with Gasteiger partial charge in [0.2, 0.25) is 5.91 Å². The Bertz CT molecular complexity index is 489. The van der Waals surface area contributed by atoms with Crippen molar-refractivity contribution in [2.75, 3.05) is 6.54 Å². The Morgan fingerprint density at radius 1 is 1.40 bits per heavy atom. The second-order valence-electron chi connectivity index (χ2n) is 5.83. The lowest BCUT2D eigenvalue weighted by Gasteiger charge is -2.26. The number of rotatable bonds is 4. The summed E-state index contributed by atoms with van der Waals surface area (Å²) in [5.41, 5.74) is 6.91. The first kappa shape index (κ1) is 15.0. The molecule has 20 heavy (non-hydrogen) atoms. The van der Waals surface area contributed by atoms with Crippen molar-refractivity contribution in [2.24, 2.45) is 17.6 Å². The summed E-state index contributed by atoms with van der Waals surface area (Å²) in [5, 5.41) is 0. The standard InChI is InChI=1S/C16H22N2OS/c1-11-8-12(2)18(10-11)16(19)14(15(17)20)9-13-6-4-3-5-7-13/h3-7,11-12,14H,8-10H2,1-2H3,(H2,17,20). The number of hydrogen-bond donors (Lipinski definition) is 1.